The molecular formula is C18H22O2. The molecule has 0 saturated heterocycles. The minimum atomic E-state index is 0.959. The summed E-state index contributed by atoms with van der Waals surface area (Å²) in [6.07, 6.45) is 1.93. The van der Waals surface area contributed by atoms with Crippen LogP contribution in [0.5, 0.6) is 11.5 Å². The Labute approximate surface area is 121 Å². The number of rotatable bonds is 5. The Morgan fingerprint density at radius 2 is 1.10 bits per heavy atom. The van der Waals surface area contributed by atoms with E-state index in [1.165, 1.54) is 22.3 Å². The van der Waals surface area contributed by atoms with Gasteiger partial charge in [-0.3, -0.25) is 0 Å². The molecule has 2 aromatic rings. The van der Waals surface area contributed by atoms with E-state index in [0.717, 1.165) is 24.3 Å². The highest BCUT2D eigenvalue weighted by Gasteiger charge is 2.07. The van der Waals surface area contributed by atoms with Gasteiger partial charge in [-0.1, -0.05) is 26.0 Å². The summed E-state index contributed by atoms with van der Waals surface area (Å²) in [7, 11) is 3.44. The van der Waals surface area contributed by atoms with Crippen LogP contribution in [0.15, 0.2) is 36.4 Å². The molecule has 2 aromatic carbocycles. The summed E-state index contributed by atoms with van der Waals surface area (Å²) >= 11 is 0. The lowest BCUT2D eigenvalue weighted by Gasteiger charge is -2.12. The first-order valence-electron chi connectivity index (χ1n) is 7.07. The van der Waals surface area contributed by atoms with Crippen LogP contribution in [0.2, 0.25) is 0 Å². The summed E-state index contributed by atoms with van der Waals surface area (Å²) in [6.45, 7) is 4.29. The maximum absolute atomic E-state index is 5.39. The van der Waals surface area contributed by atoms with E-state index >= 15 is 0 Å². The van der Waals surface area contributed by atoms with E-state index in [1.54, 1.807) is 14.2 Å². The van der Waals surface area contributed by atoms with Gasteiger partial charge in [-0.2, -0.15) is 0 Å². The average Bonchev–Trinajstić information content (AvgIpc) is 2.53. The second-order valence-corrected chi connectivity index (χ2v) is 4.76. The number of ether oxygens (including phenoxy) is 2. The van der Waals surface area contributed by atoms with Crippen molar-refractivity contribution in [2.75, 3.05) is 14.2 Å². The predicted octanol–water partition coefficient (Wildman–Crippen LogP) is 4.50. The molecule has 0 amide bonds. The molecule has 2 rings (SSSR count). The predicted molar refractivity (Wildman–Crippen MR) is 83.7 cm³/mol. The SMILES string of the molecule is CCc1cc(-c2ccc(OC)c(CC)c2)ccc1OC. The standard InChI is InChI=1S/C18H22O2/c1-5-13-11-15(7-9-17(13)19-3)16-8-10-18(20-4)14(6-2)12-16/h7-12H,5-6H2,1-4H3. The van der Waals surface area contributed by atoms with E-state index in [9.17, 15) is 0 Å². The quantitative estimate of drug-likeness (QED) is 0.796. The maximum atomic E-state index is 5.39. The van der Waals surface area contributed by atoms with Crippen LogP contribution in [0.1, 0.15) is 25.0 Å². The molecule has 0 aliphatic heterocycles. The zero-order chi connectivity index (χ0) is 14.5. The van der Waals surface area contributed by atoms with Gasteiger partial charge in [0.2, 0.25) is 0 Å². The lowest BCUT2D eigenvalue weighted by atomic mass is 9.98. The molecule has 0 bridgehead atoms. The van der Waals surface area contributed by atoms with Crippen LogP contribution in [-0.4, -0.2) is 14.2 Å². The molecule has 0 unspecified atom stereocenters. The van der Waals surface area contributed by atoms with Gasteiger partial charge < -0.3 is 9.47 Å². The number of aryl methyl sites for hydroxylation is 2. The molecule has 0 aliphatic rings. The molecule has 0 atom stereocenters. The van der Waals surface area contributed by atoms with Crippen molar-refractivity contribution < 1.29 is 9.47 Å². The molecule has 20 heavy (non-hydrogen) atoms. The number of methoxy groups -OCH3 is 2. The molecule has 2 nitrogen and oxygen atoms in total. The fourth-order valence-corrected chi connectivity index (χ4v) is 2.47. The third-order valence-corrected chi connectivity index (χ3v) is 3.66. The Bertz CT molecular complexity index is 534. The molecule has 0 fully saturated rings. The summed E-state index contributed by atoms with van der Waals surface area (Å²) in [5.41, 5.74) is 4.91. The normalized spacial score (nSPS) is 10.4. The molecule has 0 aliphatic carbocycles. The topological polar surface area (TPSA) is 18.5 Å². The van der Waals surface area contributed by atoms with Crippen LogP contribution in [0.25, 0.3) is 11.1 Å². The average molecular weight is 270 g/mol. The molecule has 2 heteroatoms. The van der Waals surface area contributed by atoms with Crippen molar-refractivity contribution in [1.29, 1.82) is 0 Å². The first kappa shape index (κ1) is 14.4. The highest BCUT2D eigenvalue weighted by atomic mass is 16.5. The van der Waals surface area contributed by atoms with Gasteiger partial charge in [0, 0.05) is 0 Å². The van der Waals surface area contributed by atoms with E-state index in [2.05, 4.69) is 38.1 Å². The molecule has 0 radical (unpaired) electrons. The molecule has 106 valence electrons. The molecule has 0 N–H and O–H groups in total. The lowest BCUT2D eigenvalue weighted by Crippen LogP contribution is -1.93. The number of hydrogen-bond acceptors (Lipinski definition) is 2. The molecular weight excluding hydrogens is 248 g/mol. The minimum Gasteiger partial charge on any atom is -0.496 e. The van der Waals surface area contributed by atoms with Crippen LogP contribution in [0.4, 0.5) is 0 Å². The van der Waals surface area contributed by atoms with E-state index in [-0.39, 0.29) is 0 Å². The van der Waals surface area contributed by atoms with Crippen molar-refractivity contribution in [2.45, 2.75) is 26.7 Å². The summed E-state index contributed by atoms with van der Waals surface area (Å²) in [6, 6.07) is 12.7. The van der Waals surface area contributed by atoms with Gasteiger partial charge in [-0.15, -0.1) is 0 Å². The van der Waals surface area contributed by atoms with Crippen LogP contribution >= 0.6 is 0 Å². The Hall–Kier alpha value is -1.96. The Morgan fingerprint density at radius 1 is 0.700 bits per heavy atom. The number of hydrogen-bond donors (Lipinski definition) is 0. The first-order valence-corrected chi connectivity index (χ1v) is 7.07. The van der Waals surface area contributed by atoms with Crippen LogP contribution in [0.3, 0.4) is 0 Å². The van der Waals surface area contributed by atoms with E-state index < -0.39 is 0 Å². The van der Waals surface area contributed by atoms with Crippen molar-refractivity contribution in [2.24, 2.45) is 0 Å². The zero-order valence-corrected chi connectivity index (χ0v) is 12.7. The van der Waals surface area contributed by atoms with Gasteiger partial charge in [0.25, 0.3) is 0 Å². The van der Waals surface area contributed by atoms with Crippen LogP contribution in [0, 0.1) is 0 Å². The molecule has 0 spiro atoms. The van der Waals surface area contributed by atoms with Gasteiger partial charge in [-0.25, -0.2) is 0 Å². The van der Waals surface area contributed by atoms with Crippen molar-refractivity contribution in [3.63, 3.8) is 0 Å². The lowest BCUT2D eigenvalue weighted by molar-refractivity contribution is 0.410. The second-order valence-electron chi connectivity index (χ2n) is 4.76. The Balaban J connectivity index is 2.46. The van der Waals surface area contributed by atoms with E-state index in [4.69, 9.17) is 9.47 Å². The smallest absolute Gasteiger partial charge is 0.122 e. The van der Waals surface area contributed by atoms with Gasteiger partial charge in [0.1, 0.15) is 11.5 Å². The van der Waals surface area contributed by atoms with E-state index in [0.29, 0.717) is 0 Å². The molecule has 0 saturated carbocycles. The van der Waals surface area contributed by atoms with E-state index in [1.807, 2.05) is 12.1 Å². The van der Waals surface area contributed by atoms with Gasteiger partial charge >= 0.3 is 0 Å². The van der Waals surface area contributed by atoms with Gasteiger partial charge in [0.05, 0.1) is 14.2 Å². The fourth-order valence-electron chi connectivity index (χ4n) is 2.47. The van der Waals surface area contributed by atoms with Crippen molar-refractivity contribution in [1.82, 2.24) is 0 Å². The highest BCUT2D eigenvalue weighted by molar-refractivity contribution is 5.67. The van der Waals surface area contributed by atoms with Gasteiger partial charge in [0.15, 0.2) is 0 Å². The van der Waals surface area contributed by atoms with Crippen molar-refractivity contribution >= 4 is 0 Å². The fraction of sp³-hybridized carbons (Fsp3) is 0.333. The summed E-state index contributed by atoms with van der Waals surface area (Å²) < 4.78 is 10.8. The largest absolute Gasteiger partial charge is 0.496 e. The summed E-state index contributed by atoms with van der Waals surface area (Å²) in [5, 5.41) is 0. The summed E-state index contributed by atoms with van der Waals surface area (Å²) in [4.78, 5) is 0. The summed E-state index contributed by atoms with van der Waals surface area (Å²) in [5.74, 6) is 1.92. The number of benzene rings is 2. The highest BCUT2D eigenvalue weighted by Crippen LogP contribution is 2.30. The van der Waals surface area contributed by atoms with Crippen molar-refractivity contribution in [3.05, 3.63) is 47.5 Å². The van der Waals surface area contributed by atoms with Gasteiger partial charge in [-0.05, 0) is 59.4 Å². The third kappa shape index (κ3) is 2.79. The maximum Gasteiger partial charge on any atom is 0.122 e. The third-order valence-electron chi connectivity index (χ3n) is 3.66. The molecule has 0 heterocycles. The van der Waals surface area contributed by atoms with Crippen LogP contribution < -0.4 is 9.47 Å². The van der Waals surface area contributed by atoms with Crippen LogP contribution in [-0.2, 0) is 12.8 Å². The Morgan fingerprint density at radius 3 is 1.40 bits per heavy atom. The zero-order valence-electron chi connectivity index (χ0n) is 12.7. The first-order chi connectivity index (χ1) is 9.73. The second kappa shape index (κ2) is 6.47. The monoisotopic (exact) mass is 270 g/mol. The minimum absolute atomic E-state index is 0.959. The molecule has 0 aromatic heterocycles. The van der Waals surface area contributed by atoms with Crippen molar-refractivity contribution in [3.8, 4) is 22.6 Å². The Kier molecular flexibility index (Phi) is 4.67.